The highest BCUT2D eigenvalue weighted by molar-refractivity contribution is 5.85. The molecular weight excluding hydrogens is 656 g/mol. The maximum atomic E-state index is 11.7. The number of rotatable bonds is 15. The topological polar surface area (TPSA) is 397 Å². The monoisotopic (exact) mass is 712 g/mol. The van der Waals surface area contributed by atoms with Gasteiger partial charge in [-0.3, -0.25) is 10.4 Å². The molecule has 2 heterocycles. The van der Waals surface area contributed by atoms with Gasteiger partial charge in [-0.2, -0.15) is 0 Å². The zero-order valence-electron chi connectivity index (χ0n) is 27.4. The molecule has 11 unspecified atom stereocenters. The zero-order chi connectivity index (χ0) is 36.8. The quantitative estimate of drug-likeness (QED) is 0.0553. The number of amidine groups is 2. The molecule has 0 aromatic carbocycles. The second-order valence-electron chi connectivity index (χ2n) is 13.2. The number of aliphatic hydroxyl groups is 9. The molecule has 49 heavy (non-hydrogen) atoms. The first-order valence-corrected chi connectivity index (χ1v) is 16.2. The standard InChI is InChI=1S/C28H56N8O13/c1-10(29)24(32)35-6-11-2-3-13(30)26(46-11)48-21-14(31)4-15(36-25(33)19(43)18(42)17(41)16(40)8-38)22(20(21)44)49-27-23(45)28(34,9-39)5-12(7-37)47-27/h10-23,26-27,37-45H,2-9,29-31,34H2,1H3,(H2,32,35)(H2,33,36)/t10?,11-,12?,13?,14-,15+,16?,17?,18?,19?,20?,21?,22?,23?,26+,27+,28+/m0/s1. The second kappa shape index (κ2) is 18.1. The number of aliphatic hydroxyl groups excluding tert-OH is 9. The van der Waals surface area contributed by atoms with Gasteiger partial charge in [-0.15, -0.1) is 0 Å². The zero-order valence-corrected chi connectivity index (χ0v) is 27.4. The van der Waals surface area contributed by atoms with Crippen LogP contribution in [0, 0.1) is 5.41 Å². The Balaban J connectivity index is 1.86. The van der Waals surface area contributed by atoms with Crippen LogP contribution in [0.3, 0.4) is 0 Å². The number of nitrogens with one attached hydrogen (secondary N) is 2. The molecule has 2 aliphatic heterocycles. The normalized spacial score (nSPS) is 40.6. The third-order valence-electron chi connectivity index (χ3n) is 9.21. The fraction of sp³-hybridized carbons (Fsp3) is 0.929. The molecule has 1 aliphatic carbocycles. The van der Waals surface area contributed by atoms with E-state index in [0.717, 1.165) is 0 Å². The minimum Gasteiger partial charge on any atom is -0.394 e. The molecule has 0 spiro atoms. The molecule has 0 radical (unpaired) electrons. The van der Waals surface area contributed by atoms with Crippen LogP contribution >= 0.6 is 0 Å². The van der Waals surface area contributed by atoms with E-state index in [-0.39, 0.29) is 25.2 Å². The summed E-state index contributed by atoms with van der Waals surface area (Å²) in [6.07, 6.45) is -17.6. The van der Waals surface area contributed by atoms with Gasteiger partial charge in [-0.1, -0.05) is 0 Å². The second-order valence-corrected chi connectivity index (χ2v) is 13.2. The minimum atomic E-state index is -2.12. The molecule has 3 fully saturated rings. The molecule has 21 nitrogen and oxygen atoms in total. The van der Waals surface area contributed by atoms with Gasteiger partial charge in [0.05, 0.1) is 62.2 Å². The Hall–Kier alpha value is -1.74. The minimum absolute atomic E-state index is 0.138. The lowest BCUT2D eigenvalue weighted by atomic mass is 9.82. The molecule has 286 valence electrons. The van der Waals surface area contributed by atoms with Crippen LogP contribution in [0.4, 0.5) is 0 Å². The lowest BCUT2D eigenvalue weighted by Gasteiger charge is -2.49. The van der Waals surface area contributed by atoms with Crippen molar-refractivity contribution in [3.8, 4) is 0 Å². The van der Waals surface area contributed by atoms with E-state index in [1.54, 1.807) is 6.92 Å². The highest BCUT2D eigenvalue weighted by Crippen LogP contribution is 2.34. The maximum Gasteiger partial charge on any atom is 0.186 e. The molecule has 1 saturated carbocycles. The Morgan fingerprint density at radius 2 is 1.61 bits per heavy atom. The van der Waals surface area contributed by atoms with Gasteiger partial charge in [0.25, 0.3) is 0 Å². The summed E-state index contributed by atoms with van der Waals surface area (Å²) in [6, 6.07) is -3.27. The van der Waals surface area contributed by atoms with Crippen LogP contribution in [-0.2, 0) is 18.9 Å². The van der Waals surface area contributed by atoms with Crippen LogP contribution in [0.15, 0.2) is 4.99 Å². The van der Waals surface area contributed by atoms with Crippen molar-refractivity contribution in [1.82, 2.24) is 5.32 Å². The predicted molar refractivity (Wildman–Crippen MR) is 170 cm³/mol. The Morgan fingerprint density at radius 3 is 2.20 bits per heavy atom. The van der Waals surface area contributed by atoms with Crippen molar-refractivity contribution >= 4 is 11.7 Å². The van der Waals surface area contributed by atoms with Gasteiger partial charge in [0.15, 0.2) is 12.6 Å². The van der Waals surface area contributed by atoms with E-state index in [1.807, 2.05) is 0 Å². The highest BCUT2D eigenvalue weighted by atomic mass is 16.7. The molecule has 17 atom stereocenters. The van der Waals surface area contributed by atoms with E-state index < -0.39 is 129 Å². The smallest absolute Gasteiger partial charge is 0.186 e. The van der Waals surface area contributed by atoms with Gasteiger partial charge in [0.1, 0.15) is 60.5 Å². The summed E-state index contributed by atoms with van der Waals surface area (Å²) in [7, 11) is 0. The van der Waals surface area contributed by atoms with Crippen LogP contribution in [0.1, 0.15) is 32.6 Å². The molecule has 21 N–H and O–H groups in total. The first kappa shape index (κ1) is 41.7. The van der Waals surface area contributed by atoms with Crippen LogP contribution in [0.5, 0.6) is 0 Å². The molecule has 0 aromatic rings. The Morgan fingerprint density at radius 1 is 0.980 bits per heavy atom. The highest BCUT2D eigenvalue weighted by Gasteiger charge is 2.52. The summed E-state index contributed by atoms with van der Waals surface area (Å²) in [5.41, 5.74) is 28.9. The van der Waals surface area contributed by atoms with Crippen molar-refractivity contribution in [1.29, 1.82) is 5.41 Å². The van der Waals surface area contributed by atoms with Crippen LogP contribution in [0.25, 0.3) is 0 Å². The van der Waals surface area contributed by atoms with Gasteiger partial charge >= 0.3 is 0 Å². The lowest BCUT2D eigenvalue weighted by Crippen LogP contribution is -2.70. The first-order valence-electron chi connectivity index (χ1n) is 16.2. The van der Waals surface area contributed by atoms with E-state index in [1.165, 1.54) is 0 Å². The summed E-state index contributed by atoms with van der Waals surface area (Å²) >= 11 is 0. The van der Waals surface area contributed by atoms with E-state index in [0.29, 0.717) is 12.8 Å². The predicted octanol–water partition coefficient (Wildman–Crippen LogP) is -8.09. The molecular formula is C28H56N8O13. The number of ether oxygens (including phenoxy) is 4. The summed E-state index contributed by atoms with van der Waals surface area (Å²) in [4.78, 5) is 4.25. The van der Waals surface area contributed by atoms with E-state index in [9.17, 15) is 40.9 Å². The van der Waals surface area contributed by atoms with Gasteiger partial charge in [0.2, 0.25) is 0 Å². The van der Waals surface area contributed by atoms with Gasteiger partial charge in [-0.05, 0) is 32.6 Å². The summed E-state index contributed by atoms with van der Waals surface area (Å²) in [5, 5.41) is 103. The molecule has 0 amide bonds. The molecule has 2 saturated heterocycles. The molecule has 21 heteroatoms. The number of hydrogen-bond acceptors (Lipinski definition) is 19. The number of nitrogens with zero attached hydrogens (tertiary/aromatic N) is 1. The third kappa shape index (κ3) is 10.2. The first-order chi connectivity index (χ1) is 23.0. The fourth-order valence-electron chi connectivity index (χ4n) is 6.02. The maximum absolute atomic E-state index is 11.7. The third-order valence-corrected chi connectivity index (χ3v) is 9.21. The SMILES string of the molecule is CC(N)C(N)=NC[C@@H]1CCC(N)[C@@H](OC2C(O)C(O[C@H]3OC(CO)C[C@@](N)(CO)C3O)[C@H](NC(=N)C(O)C(O)C(O)C(O)CO)C[C@@H]2N)O1. The van der Waals surface area contributed by atoms with Gasteiger partial charge in [0, 0.05) is 6.04 Å². The van der Waals surface area contributed by atoms with Crippen molar-refractivity contribution in [2.75, 3.05) is 26.4 Å². The largest absolute Gasteiger partial charge is 0.394 e. The lowest BCUT2D eigenvalue weighted by molar-refractivity contribution is -0.310. The molecule has 0 bridgehead atoms. The molecule has 3 rings (SSSR count). The van der Waals surface area contributed by atoms with Crippen LogP contribution in [0.2, 0.25) is 0 Å². The number of aliphatic imine (C=N–C) groups is 1. The summed E-state index contributed by atoms with van der Waals surface area (Å²) < 4.78 is 23.9. The fourth-order valence-corrected chi connectivity index (χ4v) is 6.02. The van der Waals surface area contributed by atoms with Gasteiger partial charge in [-0.25, -0.2) is 0 Å². The molecule has 0 aromatic heterocycles. The Kier molecular flexibility index (Phi) is 15.4. The van der Waals surface area contributed by atoms with Crippen molar-refractivity contribution in [3.63, 3.8) is 0 Å². The average molecular weight is 713 g/mol. The molecule has 3 aliphatic rings. The van der Waals surface area contributed by atoms with E-state index >= 15 is 0 Å². The van der Waals surface area contributed by atoms with Crippen molar-refractivity contribution in [3.05, 3.63) is 0 Å². The van der Waals surface area contributed by atoms with Gasteiger partial charge < -0.3 is 98.9 Å². The van der Waals surface area contributed by atoms with E-state index in [2.05, 4.69) is 10.3 Å². The van der Waals surface area contributed by atoms with Crippen molar-refractivity contribution in [2.24, 2.45) is 33.7 Å². The number of hydrogen-bond donors (Lipinski definition) is 16. The summed E-state index contributed by atoms with van der Waals surface area (Å²) in [5.74, 6) is -0.553. The van der Waals surface area contributed by atoms with Crippen LogP contribution < -0.4 is 34.0 Å². The van der Waals surface area contributed by atoms with Crippen LogP contribution in [-0.4, -0.2) is 187 Å². The summed E-state index contributed by atoms with van der Waals surface area (Å²) in [6.45, 7) is -0.348. The number of nitrogens with two attached hydrogens (primary N) is 5. The Labute approximate surface area is 283 Å². The van der Waals surface area contributed by atoms with E-state index in [4.69, 9.17) is 58.1 Å². The Bertz CT molecular complexity index is 1080. The van der Waals surface area contributed by atoms with Crippen molar-refractivity contribution < 1.29 is 64.9 Å². The average Bonchev–Trinajstić information content (AvgIpc) is 3.08. The van der Waals surface area contributed by atoms with Crippen molar-refractivity contribution in [2.45, 2.75) is 136 Å².